The fourth-order valence-corrected chi connectivity index (χ4v) is 4.13. The van der Waals surface area contributed by atoms with Crippen molar-refractivity contribution in [3.05, 3.63) is 35.4 Å². The number of nitrogens with zero attached hydrogens (tertiary/aromatic N) is 1. The normalized spacial score (nSPS) is 20.6. The van der Waals surface area contributed by atoms with E-state index in [0.29, 0.717) is 24.6 Å². The van der Waals surface area contributed by atoms with E-state index in [9.17, 15) is 14.7 Å². The highest BCUT2D eigenvalue weighted by Crippen LogP contribution is 2.37. The molecule has 2 aliphatic rings. The maximum absolute atomic E-state index is 12.9. The van der Waals surface area contributed by atoms with Crippen LogP contribution in [0.1, 0.15) is 74.3 Å². The van der Waals surface area contributed by atoms with Gasteiger partial charge >= 0.3 is 5.97 Å². The molecule has 0 aromatic heterocycles. The maximum Gasteiger partial charge on any atom is 0.320 e. The van der Waals surface area contributed by atoms with Gasteiger partial charge in [-0.1, -0.05) is 37.5 Å². The summed E-state index contributed by atoms with van der Waals surface area (Å²) in [5.41, 5.74) is 1.61. The van der Waals surface area contributed by atoms with E-state index >= 15 is 0 Å². The van der Waals surface area contributed by atoms with Crippen LogP contribution in [0.4, 0.5) is 0 Å². The van der Waals surface area contributed by atoms with E-state index in [1.54, 1.807) is 11.0 Å². The topological polar surface area (TPSA) is 57.6 Å². The molecule has 1 aliphatic carbocycles. The van der Waals surface area contributed by atoms with E-state index in [0.717, 1.165) is 37.7 Å². The summed E-state index contributed by atoms with van der Waals surface area (Å²) in [6.07, 6.45) is 8.77. The van der Waals surface area contributed by atoms with Crippen molar-refractivity contribution in [1.82, 2.24) is 4.90 Å². The average molecular weight is 328 g/mol. The van der Waals surface area contributed by atoms with Crippen molar-refractivity contribution < 1.29 is 14.7 Å². The van der Waals surface area contributed by atoms with Crippen LogP contribution in [-0.2, 0) is 9.59 Å². The van der Waals surface area contributed by atoms with Crippen molar-refractivity contribution >= 4 is 11.9 Å². The first-order chi connectivity index (χ1) is 11.7. The van der Waals surface area contributed by atoms with Crippen molar-refractivity contribution in [2.45, 2.75) is 63.2 Å². The lowest BCUT2D eigenvalue weighted by atomic mass is 9.79. The minimum absolute atomic E-state index is 0.251. The molecular weight excluding hydrogens is 302 g/mol. The molecule has 24 heavy (non-hydrogen) atoms. The summed E-state index contributed by atoms with van der Waals surface area (Å²) in [7, 11) is 0. The Morgan fingerprint density at radius 3 is 2.42 bits per heavy atom. The Morgan fingerprint density at radius 1 is 1.08 bits per heavy atom. The van der Waals surface area contributed by atoms with Gasteiger partial charge in [-0.15, -0.1) is 0 Å². The summed E-state index contributed by atoms with van der Waals surface area (Å²) in [5, 5.41) is 9.79. The molecule has 1 aromatic carbocycles. The zero-order valence-electron chi connectivity index (χ0n) is 14.2. The van der Waals surface area contributed by atoms with Gasteiger partial charge in [0.15, 0.2) is 5.92 Å². The molecule has 3 rings (SSSR count). The Bertz CT molecular complexity index is 586. The van der Waals surface area contributed by atoms with Gasteiger partial charge in [0.25, 0.3) is 0 Å². The number of carbonyl (C=O) groups excluding carboxylic acids is 1. The first kappa shape index (κ1) is 17.0. The molecular formula is C20H26NO3. The van der Waals surface area contributed by atoms with Crippen LogP contribution in [0.5, 0.6) is 0 Å². The molecule has 1 unspecified atom stereocenters. The first-order valence-electron chi connectivity index (χ1n) is 9.20. The van der Waals surface area contributed by atoms with Gasteiger partial charge in [-0.25, -0.2) is 0 Å². The maximum atomic E-state index is 12.9. The number of amides is 1. The largest absolute Gasteiger partial charge is 0.480 e. The predicted molar refractivity (Wildman–Crippen MR) is 91.9 cm³/mol. The summed E-state index contributed by atoms with van der Waals surface area (Å²) in [6, 6.07) is 8.74. The van der Waals surface area contributed by atoms with Gasteiger partial charge in [0.05, 0.1) is 0 Å². The highest BCUT2D eigenvalue weighted by molar-refractivity contribution is 6.03. The van der Waals surface area contributed by atoms with E-state index in [1.807, 2.05) is 12.1 Å². The molecule has 0 spiro atoms. The molecule has 1 amide bonds. The zero-order valence-corrected chi connectivity index (χ0v) is 14.2. The highest BCUT2D eigenvalue weighted by Gasteiger charge is 2.35. The third kappa shape index (κ3) is 3.63. The number of aliphatic carboxylic acids is 1. The van der Waals surface area contributed by atoms with Gasteiger partial charge in [-0.3, -0.25) is 9.59 Å². The average Bonchev–Trinajstić information content (AvgIpc) is 2.63. The summed E-state index contributed by atoms with van der Waals surface area (Å²) in [5.74, 6) is -2.04. The molecule has 0 bridgehead atoms. The van der Waals surface area contributed by atoms with E-state index in [1.165, 1.54) is 19.3 Å². The SMILES string of the molecule is O=C(O)C(C(=O)N1CCCCC1)c1ccc[c]c1C1CCCCC1. The second-order valence-corrected chi connectivity index (χ2v) is 7.03. The number of hydrogen-bond acceptors (Lipinski definition) is 2. The van der Waals surface area contributed by atoms with Gasteiger partial charge in [0, 0.05) is 13.1 Å². The van der Waals surface area contributed by atoms with Crippen molar-refractivity contribution in [1.29, 1.82) is 0 Å². The Kier molecular flexibility index (Phi) is 5.54. The predicted octanol–water partition coefficient (Wildman–Crippen LogP) is 3.72. The van der Waals surface area contributed by atoms with Gasteiger partial charge in [0.1, 0.15) is 0 Å². The third-order valence-electron chi connectivity index (χ3n) is 5.41. The van der Waals surface area contributed by atoms with Crippen LogP contribution >= 0.6 is 0 Å². The van der Waals surface area contributed by atoms with E-state index in [2.05, 4.69) is 6.07 Å². The molecule has 4 nitrogen and oxygen atoms in total. The van der Waals surface area contributed by atoms with Crippen molar-refractivity contribution in [2.24, 2.45) is 0 Å². The van der Waals surface area contributed by atoms with Gasteiger partial charge < -0.3 is 10.0 Å². The van der Waals surface area contributed by atoms with Crippen molar-refractivity contribution in [3.8, 4) is 0 Å². The lowest BCUT2D eigenvalue weighted by Crippen LogP contribution is -2.41. The van der Waals surface area contributed by atoms with E-state index < -0.39 is 11.9 Å². The molecule has 1 heterocycles. The minimum Gasteiger partial charge on any atom is -0.480 e. The van der Waals surface area contributed by atoms with Crippen LogP contribution in [0, 0.1) is 6.07 Å². The van der Waals surface area contributed by atoms with Crippen LogP contribution in [0.2, 0.25) is 0 Å². The third-order valence-corrected chi connectivity index (χ3v) is 5.41. The number of piperidine rings is 1. The van der Waals surface area contributed by atoms with Crippen LogP contribution in [0.15, 0.2) is 18.2 Å². The number of hydrogen-bond donors (Lipinski definition) is 1. The van der Waals surface area contributed by atoms with Gasteiger partial charge in [-0.2, -0.15) is 0 Å². The Balaban J connectivity index is 1.90. The molecule has 1 radical (unpaired) electrons. The van der Waals surface area contributed by atoms with Crippen LogP contribution in [-0.4, -0.2) is 35.0 Å². The first-order valence-corrected chi connectivity index (χ1v) is 9.20. The fraction of sp³-hybridized carbons (Fsp3) is 0.600. The number of carboxylic acids is 1. The highest BCUT2D eigenvalue weighted by atomic mass is 16.4. The smallest absolute Gasteiger partial charge is 0.320 e. The second-order valence-electron chi connectivity index (χ2n) is 7.03. The molecule has 1 saturated heterocycles. The second kappa shape index (κ2) is 7.82. The van der Waals surface area contributed by atoms with Crippen LogP contribution in [0.3, 0.4) is 0 Å². The van der Waals surface area contributed by atoms with Gasteiger partial charge in [0.2, 0.25) is 5.91 Å². The number of carboxylic acid groups (broad SMARTS) is 1. The summed E-state index contributed by atoms with van der Waals surface area (Å²) in [6.45, 7) is 1.36. The standard InChI is InChI=1S/C20H26NO3/c22-19(21-13-7-2-8-14-21)18(20(23)24)17-12-6-5-11-16(17)15-9-3-1-4-10-15/h5-6,12,15,18H,1-4,7-10,13-14H2,(H,23,24). The Morgan fingerprint density at radius 2 is 1.75 bits per heavy atom. The molecule has 1 N–H and O–H groups in total. The van der Waals surface area contributed by atoms with Crippen LogP contribution in [0.25, 0.3) is 0 Å². The van der Waals surface area contributed by atoms with Crippen LogP contribution < -0.4 is 0 Å². The molecule has 1 saturated carbocycles. The lowest BCUT2D eigenvalue weighted by molar-refractivity contribution is -0.147. The number of likely N-dealkylation sites (tertiary alicyclic amines) is 1. The molecule has 129 valence electrons. The molecule has 4 heteroatoms. The quantitative estimate of drug-likeness (QED) is 0.857. The Labute approximate surface area is 143 Å². The number of carbonyl (C=O) groups is 2. The monoisotopic (exact) mass is 328 g/mol. The fourth-order valence-electron chi connectivity index (χ4n) is 4.13. The summed E-state index contributed by atoms with van der Waals surface area (Å²) >= 11 is 0. The molecule has 2 fully saturated rings. The molecule has 1 aromatic rings. The van der Waals surface area contributed by atoms with Gasteiger partial charge in [-0.05, 0) is 55.2 Å². The number of benzene rings is 1. The minimum atomic E-state index is -1.09. The Hall–Kier alpha value is -1.84. The van der Waals surface area contributed by atoms with Crippen molar-refractivity contribution in [3.63, 3.8) is 0 Å². The number of rotatable bonds is 4. The van der Waals surface area contributed by atoms with E-state index in [-0.39, 0.29) is 5.91 Å². The zero-order chi connectivity index (χ0) is 16.9. The molecule has 1 atom stereocenters. The van der Waals surface area contributed by atoms with E-state index in [4.69, 9.17) is 0 Å². The summed E-state index contributed by atoms with van der Waals surface area (Å²) < 4.78 is 0. The lowest BCUT2D eigenvalue weighted by Gasteiger charge is -2.31. The summed E-state index contributed by atoms with van der Waals surface area (Å²) in [4.78, 5) is 26.6. The molecule has 1 aliphatic heterocycles. The van der Waals surface area contributed by atoms with Crippen molar-refractivity contribution in [2.75, 3.05) is 13.1 Å².